The largest absolute Gasteiger partial charge is 0.373 e. The van der Waals surface area contributed by atoms with Crippen LogP contribution in [-0.4, -0.2) is 29.0 Å². The first-order valence-electron chi connectivity index (χ1n) is 6.84. The fraction of sp³-hybridized carbons (Fsp3) is 0.500. The van der Waals surface area contributed by atoms with E-state index in [2.05, 4.69) is 25.6 Å². The number of rotatable bonds is 5. The average molecular weight is 289 g/mol. The van der Waals surface area contributed by atoms with Crippen LogP contribution in [0, 0.1) is 6.92 Å². The highest BCUT2D eigenvalue weighted by Crippen LogP contribution is 2.39. The molecular formula is C14H19N5S. The molecule has 2 aromatic rings. The van der Waals surface area contributed by atoms with Gasteiger partial charge < -0.3 is 10.2 Å². The zero-order valence-corrected chi connectivity index (χ0v) is 12.9. The monoisotopic (exact) mass is 289 g/mol. The van der Waals surface area contributed by atoms with Crippen LogP contribution in [0.1, 0.15) is 35.3 Å². The van der Waals surface area contributed by atoms with Gasteiger partial charge in [0.15, 0.2) is 0 Å². The molecular weight excluding hydrogens is 270 g/mol. The van der Waals surface area contributed by atoms with Crippen molar-refractivity contribution in [1.82, 2.24) is 15.0 Å². The molecule has 0 spiro atoms. The fourth-order valence-corrected chi connectivity index (χ4v) is 2.71. The van der Waals surface area contributed by atoms with Gasteiger partial charge in [-0.15, -0.1) is 11.3 Å². The summed E-state index contributed by atoms with van der Waals surface area (Å²) in [7, 11) is 3.94. The Morgan fingerprint density at radius 1 is 1.35 bits per heavy atom. The van der Waals surface area contributed by atoms with E-state index in [9.17, 15) is 0 Å². The van der Waals surface area contributed by atoms with Crippen LogP contribution in [-0.2, 0) is 6.54 Å². The number of hydrogen-bond donors (Lipinski definition) is 1. The maximum atomic E-state index is 4.70. The first kappa shape index (κ1) is 13.3. The van der Waals surface area contributed by atoms with Crippen LogP contribution in [0.5, 0.6) is 0 Å². The Kier molecular flexibility index (Phi) is 3.56. The highest BCUT2D eigenvalue weighted by atomic mass is 32.1. The van der Waals surface area contributed by atoms with Crippen molar-refractivity contribution >= 4 is 23.0 Å². The number of nitrogens with one attached hydrogen (secondary N) is 1. The zero-order chi connectivity index (χ0) is 14.1. The van der Waals surface area contributed by atoms with Crippen molar-refractivity contribution in [2.24, 2.45) is 0 Å². The maximum absolute atomic E-state index is 4.70. The minimum absolute atomic E-state index is 0.553. The molecule has 1 aliphatic rings. The summed E-state index contributed by atoms with van der Waals surface area (Å²) in [6.45, 7) is 2.80. The van der Waals surface area contributed by atoms with E-state index in [-0.39, 0.29) is 0 Å². The Morgan fingerprint density at radius 3 is 2.75 bits per heavy atom. The van der Waals surface area contributed by atoms with Crippen molar-refractivity contribution in [3.8, 4) is 0 Å². The summed E-state index contributed by atoms with van der Waals surface area (Å²) in [6, 6.07) is 1.99. The third-order valence-electron chi connectivity index (χ3n) is 3.39. The molecule has 0 saturated heterocycles. The number of aromatic nitrogens is 3. The maximum Gasteiger partial charge on any atom is 0.136 e. The first-order chi connectivity index (χ1) is 9.65. The van der Waals surface area contributed by atoms with Crippen molar-refractivity contribution in [3.05, 3.63) is 28.0 Å². The molecule has 0 radical (unpaired) electrons. The van der Waals surface area contributed by atoms with Gasteiger partial charge in [0.05, 0.1) is 17.2 Å². The molecule has 2 heterocycles. The molecule has 0 bridgehead atoms. The number of nitrogens with zero attached hydrogens (tertiary/aromatic N) is 4. The summed E-state index contributed by atoms with van der Waals surface area (Å²) in [5.74, 6) is 3.36. The van der Waals surface area contributed by atoms with E-state index in [4.69, 9.17) is 4.98 Å². The molecule has 5 nitrogen and oxygen atoms in total. The molecule has 1 fully saturated rings. The number of hydrogen-bond acceptors (Lipinski definition) is 6. The Bertz CT molecular complexity index is 605. The molecule has 0 aliphatic heterocycles. The standard InChI is InChI=1S/C14H19N5S/c1-9-16-11(8-20-9)7-19(3)13-6-12(15-2)17-14(18-13)10-4-5-10/h6,8,10H,4-5,7H2,1-3H3,(H,15,17,18). The van der Waals surface area contributed by atoms with Crippen LogP contribution in [0.4, 0.5) is 11.6 Å². The summed E-state index contributed by atoms with van der Waals surface area (Å²) in [5.41, 5.74) is 1.09. The highest BCUT2D eigenvalue weighted by molar-refractivity contribution is 7.09. The molecule has 20 heavy (non-hydrogen) atoms. The fourth-order valence-electron chi connectivity index (χ4n) is 2.11. The minimum atomic E-state index is 0.553. The van der Waals surface area contributed by atoms with Crippen LogP contribution < -0.4 is 10.2 Å². The zero-order valence-electron chi connectivity index (χ0n) is 12.1. The predicted molar refractivity (Wildman–Crippen MR) is 82.5 cm³/mol. The highest BCUT2D eigenvalue weighted by Gasteiger charge is 2.27. The Hall–Kier alpha value is -1.69. The lowest BCUT2D eigenvalue weighted by Gasteiger charge is -2.18. The molecule has 0 amide bonds. The van der Waals surface area contributed by atoms with Crippen molar-refractivity contribution in [2.75, 3.05) is 24.3 Å². The molecule has 106 valence electrons. The van der Waals surface area contributed by atoms with Crippen LogP contribution in [0.2, 0.25) is 0 Å². The molecule has 2 aromatic heterocycles. The van der Waals surface area contributed by atoms with Gasteiger partial charge in [-0.1, -0.05) is 0 Å². The van der Waals surface area contributed by atoms with Crippen molar-refractivity contribution in [1.29, 1.82) is 0 Å². The number of anilines is 2. The second-order valence-corrected chi connectivity index (χ2v) is 6.27. The van der Waals surface area contributed by atoms with E-state index in [1.54, 1.807) is 11.3 Å². The predicted octanol–water partition coefficient (Wildman–Crippen LogP) is 2.80. The topological polar surface area (TPSA) is 53.9 Å². The van der Waals surface area contributed by atoms with Gasteiger partial charge in [-0.25, -0.2) is 15.0 Å². The summed E-state index contributed by atoms with van der Waals surface area (Å²) in [5, 5.41) is 6.33. The van der Waals surface area contributed by atoms with Gasteiger partial charge >= 0.3 is 0 Å². The lowest BCUT2D eigenvalue weighted by Crippen LogP contribution is -2.19. The lowest BCUT2D eigenvalue weighted by molar-refractivity contribution is 0.840. The summed E-state index contributed by atoms with van der Waals surface area (Å²) in [6.07, 6.45) is 2.42. The lowest BCUT2D eigenvalue weighted by atomic mass is 10.3. The smallest absolute Gasteiger partial charge is 0.136 e. The van der Waals surface area contributed by atoms with Crippen molar-refractivity contribution in [2.45, 2.75) is 32.2 Å². The van der Waals surface area contributed by atoms with E-state index in [0.717, 1.165) is 34.7 Å². The summed E-state index contributed by atoms with van der Waals surface area (Å²) < 4.78 is 0. The van der Waals surface area contributed by atoms with E-state index >= 15 is 0 Å². The Labute approximate surface area is 123 Å². The molecule has 1 saturated carbocycles. The summed E-state index contributed by atoms with van der Waals surface area (Å²) >= 11 is 1.68. The van der Waals surface area contributed by atoms with E-state index in [1.807, 2.05) is 27.1 Å². The third kappa shape index (κ3) is 2.90. The number of thiazole rings is 1. The van der Waals surface area contributed by atoms with Crippen LogP contribution in [0.3, 0.4) is 0 Å². The second kappa shape index (κ2) is 5.36. The molecule has 0 unspecified atom stereocenters. The van der Waals surface area contributed by atoms with E-state index in [0.29, 0.717) is 5.92 Å². The first-order valence-corrected chi connectivity index (χ1v) is 7.72. The van der Waals surface area contributed by atoms with Gasteiger partial charge in [0.25, 0.3) is 0 Å². The second-order valence-electron chi connectivity index (χ2n) is 5.21. The van der Waals surface area contributed by atoms with Gasteiger partial charge in [0, 0.05) is 31.5 Å². The van der Waals surface area contributed by atoms with Gasteiger partial charge in [-0.05, 0) is 19.8 Å². The quantitative estimate of drug-likeness (QED) is 0.917. The molecule has 3 rings (SSSR count). The van der Waals surface area contributed by atoms with Gasteiger partial charge in [0.1, 0.15) is 17.5 Å². The van der Waals surface area contributed by atoms with Crippen molar-refractivity contribution < 1.29 is 0 Å². The molecule has 6 heteroatoms. The SMILES string of the molecule is CNc1cc(N(C)Cc2csc(C)n2)nc(C2CC2)n1. The molecule has 0 aromatic carbocycles. The normalized spacial score (nSPS) is 14.3. The van der Waals surface area contributed by atoms with E-state index in [1.165, 1.54) is 12.8 Å². The molecule has 1 aliphatic carbocycles. The van der Waals surface area contributed by atoms with Gasteiger partial charge in [-0.2, -0.15) is 0 Å². The van der Waals surface area contributed by atoms with Crippen LogP contribution in [0.25, 0.3) is 0 Å². The third-order valence-corrected chi connectivity index (χ3v) is 4.21. The van der Waals surface area contributed by atoms with E-state index < -0.39 is 0 Å². The van der Waals surface area contributed by atoms with Gasteiger partial charge in [0.2, 0.25) is 0 Å². The van der Waals surface area contributed by atoms with Crippen LogP contribution in [0.15, 0.2) is 11.4 Å². The summed E-state index contributed by atoms with van der Waals surface area (Å²) in [4.78, 5) is 15.9. The number of aryl methyl sites for hydroxylation is 1. The van der Waals surface area contributed by atoms with Crippen molar-refractivity contribution in [3.63, 3.8) is 0 Å². The molecule has 1 N–H and O–H groups in total. The van der Waals surface area contributed by atoms with Crippen LogP contribution >= 0.6 is 11.3 Å². The molecule has 0 atom stereocenters. The minimum Gasteiger partial charge on any atom is -0.373 e. The average Bonchev–Trinajstić information content (AvgIpc) is 3.22. The Morgan fingerprint density at radius 2 is 2.15 bits per heavy atom. The van der Waals surface area contributed by atoms with Gasteiger partial charge in [-0.3, -0.25) is 0 Å². The Balaban J connectivity index is 1.82.